The number of carbonyl (C=O) groups is 2. The standard InChI is InChI=1S/C12H13N3O2.ClH/c16-11-10-8-13-6-7-14(10)12(17)15(11)9-4-2-1-3-5-9;/h1-5,10,13H,6-8H2;1H. The van der Waals surface area contributed by atoms with Crippen molar-refractivity contribution in [3.05, 3.63) is 30.3 Å². The minimum atomic E-state index is -0.337. The molecule has 0 saturated carbocycles. The number of urea groups is 1. The van der Waals surface area contributed by atoms with Gasteiger partial charge in [-0.25, -0.2) is 9.69 Å². The Morgan fingerprint density at radius 1 is 1.17 bits per heavy atom. The van der Waals surface area contributed by atoms with Gasteiger partial charge in [0.15, 0.2) is 0 Å². The largest absolute Gasteiger partial charge is 0.332 e. The summed E-state index contributed by atoms with van der Waals surface area (Å²) in [4.78, 5) is 27.2. The Hall–Kier alpha value is -1.59. The highest BCUT2D eigenvalue weighted by molar-refractivity contribution is 6.21. The lowest BCUT2D eigenvalue weighted by Gasteiger charge is -2.26. The summed E-state index contributed by atoms with van der Waals surface area (Å²) in [5, 5.41) is 3.14. The van der Waals surface area contributed by atoms with E-state index < -0.39 is 0 Å². The molecule has 0 aliphatic carbocycles. The molecule has 5 nitrogen and oxygen atoms in total. The molecule has 0 spiro atoms. The number of nitrogens with zero attached hydrogens (tertiary/aromatic N) is 2. The molecule has 96 valence electrons. The molecule has 0 radical (unpaired) electrons. The number of nitrogens with one attached hydrogen (secondary N) is 1. The maximum absolute atomic E-state index is 12.2. The van der Waals surface area contributed by atoms with Crippen molar-refractivity contribution in [2.45, 2.75) is 6.04 Å². The predicted molar refractivity (Wildman–Crippen MR) is 69.9 cm³/mol. The molecule has 3 rings (SSSR count). The van der Waals surface area contributed by atoms with Crippen molar-refractivity contribution >= 4 is 30.0 Å². The van der Waals surface area contributed by atoms with Crippen LogP contribution in [0.3, 0.4) is 0 Å². The van der Waals surface area contributed by atoms with Crippen molar-refractivity contribution in [2.75, 3.05) is 24.5 Å². The zero-order valence-corrected chi connectivity index (χ0v) is 10.5. The van der Waals surface area contributed by atoms with Crippen LogP contribution >= 0.6 is 12.4 Å². The summed E-state index contributed by atoms with van der Waals surface area (Å²) >= 11 is 0. The Labute approximate surface area is 111 Å². The van der Waals surface area contributed by atoms with Gasteiger partial charge in [-0.3, -0.25) is 4.79 Å². The number of fused-ring (bicyclic) bond motifs is 1. The van der Waals surface area contributed by atoms with Crippen LogP contribution in [0.15, 0.2) is 30.3 Å². The summed E-state index contributed by atoms with van der Waals surface area (Å²) in [6, 6.07) is 8.54. The third kappa shape index (κ3) is 1.85. The van der Waals surface area contributed by atoms with E-state index in [2.05, 4.69) is 5.32 Å². The van der Waals surface area contributed by atoms with Crippen LogP contribution in [0.5, 0.6) is 0 Å². The monoisotopic (exact) mass is 267 g/mol. The van der Waals surface area contributed by atoms with Crippen LogP contribution in [-0.4, -0.2) is 42.5 Å². The molecule has 1 aromatic carbocycles. The number of benzene rings is 1. The van der Waals surface area contributed by atoms with Gasteiger partial charge in [0.25, 0.3) is 5.91 Å². The zero-order chi connectivity index (χ0) is 11.8. The number of rotatable bonds is 1. The van der Waals surface area contributed by atoms with Crippen molar-refractivity contribution in [2.24, 2.45) is 0 Å². The van der Waals surface area contributed by atoms with Gasteiger partial charge in [-0.2, -0.15) is 0 Å². The van der Waals surface area contributed by atoms with Crippen LogP contribution in [0.4, 0.5) is 10.5 Å². The summed E-state index contributed by atoms with van der Waals surface area (Å²) in [7, 11) is 0. The number of anilines is 1. The molecule has 0 aromatic heterocycles. The Balaban J connectivity index is 0.00000120. The molecule has 2 fully saturated rings. The van der Waals surface area contributed by atoms with Gasteiger partial charge in [-0.05, 0) is 12.1 Å². The summed E-state index contributed by atoms with van der Waals surface area (Å²) in [6.07, 6.45) is 0. The number of hydrogen-bond donors (Lipinski definition) is 1. The Kier molecular flexibility index (Phi) is 3.54. The number of piperazine rings is 1. The minimum absolute atomic E-state index is 0. The Morgan fingerprint density at radius 3 is 2.56 bits per heavy atom. The Bertz CT molecular complexity index is 442. The van der Waals surface area contributed by atoms with E-state index in [0.29, 0.717) is 18.8 Å². The van der Waals surface area contributed by atoms with E-state index in [1.165, 1.54) is 4.90 Å². The first-order valence-electron chi connectivity index (χ1n) is 5.69. The SMILES string of the molecule is Cl.O=C1C2CNCCN2C(=O)N1c1ccccc1. The van der Waals surface area contributed by atoms with E-state index >= 15 is 0 Å². The normalized spacial score (nSPS) is 22.8. The first kappa shape index (κ1) is 12.9. The first-order chi connectivity index (χ1) is 8.29. The van der Waals surface area contributed by atoms with Crippen molar-refractivity contribution in [3.63, 3.8) is 0 Å². The number of imide groups is 1. The van der Waals surface area contributed by atoms with E-state index in [0.717, 1.165) is 6.54 Å². The second-order valence-electron chi connectivity index (χ2n) is 4.21. The second kappa shape index (κ2) is 4.96. The maximum Gasteiger partial charge on any atom is 0.332 e. The number of amides is 3. The molecule has 1 aromatic rings. The van der Waals surface area contributed by atoms with E-state index in [-0.39, 0.29) is 30.4 Å². The lowest BCUT2D eigenvalue weighted by Crippen LogP contribution is -2.51. The van der Waals surface area contributed by atoms with Gasteiger partial charge in [0.2, 0.25) is 0 Å². The summed E-state index contributed by atoms with van der Waals surface area (Å²) in [5.41, 5.74) is 0.650. The van der Waals surface area contributed by atoms with Crippen LogP contribution in [-0.2, 0) is 4.79 Å². The molecule has 3 amide bonds. The molecule has 1 atom stereocenters. The molecular weight excluding hydrogens is 254 g/mol. The molecule has 2 aliphatic heterocycles. The molecule has 18 heavy (non-hydrogen) atoms. The average molecular weight is 268 g/mol. The van der Waals surface area contributed by atoms with E-state index in [9.17, 15) is 9.59 Å². The fourth-order valence-corrected chi connectivity index (χ4v) is 2.34. The van der Waals surface area contributed by atoms with Crippen LogP contribution in [0.1, 0.15) is 0 Å². The molecule has 1 unspecified atom stereocenters. The van der Waals surface area contributed by atoms with Gasteiger partial charge in [0.1, 0.15) is 6.04 Å². The van der Waals surface area contributed by atoms with E-state index in [1.807, 2.05) is 18.2 Å². The highest BCUT2D eigenvalue weighted by Crippen LogP contribution is 2.25. The smallest absolute Gasteiger partial charge is 0.312 e. The fourth-order valence-electron chi connectivity index (χ4n) is 2.34. The van der Waals surface area contributed by atoms with Crippen LogP contribution in [0.2, 0.25) is 0 Å². The molecule has 2 aliphatic rings. The third-order valence-corrected chi connectivity index (χ3v) is 3.20. The average Bonchev–Trinajstić information content (AvgIpc) is 2.64. The highest BCUT2D eigenvalue weighted by Gasteiger charge is 2.46. The number of para-hydroxylation sites is 1. The molecule has 0 bridgehead atoms. The van der Waals surface area contributed by atoms with Gasteiger partial charge in [0, 0.05) is 19.6 Å². The lowest BCUT2D eigenvalue weighted by atomic mass is 10.2. The first-order valence-corrected chi connectivity index (χ1v) is 5.69. The molecule has 2 saturated heterocycles. The van der Waals surface area contributed by atoms with Crippen molar-refractivity contribution < 1.29 is 9.59 Å². The van der Waals surface area contributed by atoms with Gasteiger partial charge < -0.3 is 10.2 Å². The maximum atomic E-state index is 12.2. The van der Waals surface area contributed by atoms with Gasteiger partial charge in [0.05, 0.1) is 5.69 Å². The zero-order valence-electron chi connectivity index (χ0n) is 9.70. The predicted octanol–water partition coefficient (Wildman–Crippen LogP) is 0.849. The van der Waals surface area contributed by atoms with E-state index in [1.54, 1.807) is 17.0 Å². The van der Waals surface area contributed by atoms with Crippen molar-refractivity contribution in [1.82, 2.24) is 10.2 Å². The van der Waals surface area contributed by atoms with Gasteiger partial charge >= 0.3 is 6.03 Å². The van der Waals surface area contributed by atoms with Crippen LogP contribution < -0.4 is 10.2 Å². The summed E-state index contributed by atoms with van der Waals surface area (Å²) < 4.78 is 0. The summed E-state index contributed by atoms with van der Waals surface area (Å²) in [5.74, 6) is -0.131. The molecule has 1 N–H and O–H groups in total. The number of carbonyl (C=O) groups excluding carboxylic acids is 2. The lowest BCUT2D eigenvalue weighted by molar-refractivity contribution is -0.119. The molecule has 2 heterocycles. The minimum Gasteiger partial charge on any atom is -0.312 e. The van der Waals surface area contributed by atoms with Gasteiger partial charge in [-0.1, -0.05) is 18.2 Å². The summed E-state index contributed by atoms with van der Waals surface area (Å²) in [6.45, 7) is 1.89. The highest BCUT2D eigenvalue weighted by atomic mass is 35.5. The van der Waals surface area contributed by atoms with Crippen LogP contribution in [0, 0.1) is 0 Å². The Morgan fingerprint density at radius 2 is 1.89 bits per heavy atom. The molecular formula is C12H14ClN3O2. The topological polar surface area (TPSA) is 52.7 Å². The van der Waals surface area contributed by atoms with Gasteiger partial charge in [-0.15, -0.1) is 12.4 Å². The molecule has 6 heteroatoms. The number of halogens is 1. The van der Waals surface area contributed by atoms with Crippen LogP contribution in [0.25, 0.3) is 0 Å². The second-order valence-corrected chi connectivity index (χ2v) is 4.21. The number of hydrogen-bond acceptors (Lipinski definition) is 3. The third-order valence-electron chi connectivity index (χ3n) is 3.20. The van der Waals surface area contributed by atoms with Crippen molar-refractivity contribution in [3.8, 4) is 0 Å². The van der Waals surface area contributed by atoms with E-state index in [4.69, 9.17) is 0 Å². The quantitative estimate of drug-likeness (QED) is 0.768. The van der Waals surface area contributed by atoms with Crippen molar-refractivity contribution in [1.29, 1.82) is 0 Å². The fraction of sp³-hybridized carbons (Fsp3) is 0.333.